The highest BCUT2D eigenvalue weighted by atomic mass is 19.1. The van der Waals surface area contributed by atoms with Gasteiger partial charge in [-0.15, -0.1) is 0 Å². The molecule has 0 spiro atoms. The summed E-state index contributed by atoms with van der Waals surface area (Å²) in [6.45, 7) is 0. The average Bonchev–Trinajstić information content (AvgIpc) is 2.62. The van der Waals surface area contributed by atoms with Crippen molar-refractivity contribution >= 4 is 10.9 Å². The number of nitrogens with one attached hydrogen (secondary N) is 1. The van der Waals surface area contributed by atoms with Crippen LogP contribution in [-0.4, -0.2) is 9.97 Å². The normalized spacial score (nSPS) is 10.9. The number of aromatic amines is 1. The molecule has 3 aromatic carbocycles. The molecule has 0 saturated heterocycles. The maximum Gasteiger partial charge on any atom is 0.345 e. The third-order valence-electron chi connectivity index (χ3n) is 3.95. The van der Waals surface area contributed by atoms with Crippen LogP contribution in [-0.2, 0) is 0 Å². The molecule has 4 heteroatoms. The second-order valence-corrected chi connectivity index (χ2v) is 5.52. The van der Waals surface area contributed by atoms with Gasteiger partial charge >= 0.3 is 5.69 Å². The Morgan fingerprint density at radius 2 is 1.50 bits per heavy atom. The van der Waals surface area contributed by atoms with E-state index in [1.807, 2.05) is 48.5 Å². The molecule has 0 radical (unpaired) electrons. The third kappa shape index (κ3) is 2.58. The highest BCUT2D eigenvalue weighted by molar-refractivity contribution is 5.94. The Kier molecular flexibility index (Phi) is 3.43. The van der Waals surface area contributed by atoms with Crippen LogP contribution < -0.4 is 5.69 Å². The Balaban J connectivity index is 1.97. The van der Waals surface area contributed by atoms with E-state index in [1.54, 1.807) is 12.1 Å². The van der Waals surface area contributed by atoms with Gasteiger partial charge in [0, 0.05) is 10.9 Å². The molecule has 1 heterocycles. The van der Waals surface area contributed by atoms with Gasteiger partial charge in [0.25, 0.3) is 0 Å². The van der Waals surface area contributed by atoms with E-state index in [-0.39, 0.29) is 11.5 Å². The summed E-state index contributed by atoms with van der Waals surface area (Å²) in [4.78, 5) is 18.8. The van der Waals surface area contributed by atoms with Gasteiger partial charge in [-0.2, -0.15) is 4.98 Å². The van der Waals surface area contributed by atoms with Crippen molar-refractivity contribution in [3.05, 3.63) is 89.1 Å². The molecule has 0 aliphatic heterocycles. The maximum absolute atomic E-state index is 13.1. The predicted molar refractivity (Wildman–Crippen MR) is 93.2 cm³/mol. The molecule has 116 valence electrons. The molecule has 0 bridgehead atoms. The van der Waals surface area contributed by atoms with Crippen molar-refractivity contribution in [1.29, 1.82) is 0 Å². The molecule has 4 rings (SSSR count). The molecule has 0 atom stereocenters. The van der Waals surface area contributed by atoms with Crippen molar-refractivity contribution in [3.63, 3.8) is 0 Å². The Bertz CT molecular complexity index is 1070. The SMILES string of the molecule is O=c1nc(-c2ccccc2)c2cc(-c3ccc(F)cc3)ccc2[nH]1. The summed E-state index contributed by atoms with van der Waals surface area (Å²) in [7, 11) is 0. The number of hydrogen-bond acceptors (Lipinski definition) is 2. The molecular weight excluding hydrogens is 303 g/mol. The summed E-state index contributed by atoms with van der Waals surface area (Å²) >= 11 is 0. The molecule has 0 aliphatic carbocycles. The fourth-order valence-electron chi connectivity index (χ4n) is 2.79. The van der Waals surface area contributed by atoms with Crippen molar-refractivity contribution in [1.82, 2.24) is 9.97 Å². The van der Waals surface area contributed by atoms with Crippen LogP contribution in [0.3, 0.4) is 0 Å². The van der Waals surface area contributed by atoms with Crippen LogP contribution in [0.5, 0.6) is 0 Å². The lowest BCUT2D eigenvalue weighted by Gasteiger charge is -2.08. The van der Waals surface area contributed by atoms with Gasteiger partial charge in [-0.3, -0.25) is 0 Å². The van der Waals surface area contributed by atoms with E-state index in [9.17, 15) is 9.18 Å². The summed E-state index contributed by atoms with van der Waals surface area (Å²) in [5, 5.41) is 0.850. The van der Waals surface area contributed by atoms with Crippen molar-refractivity contribution in [2.75, 3.05) is 0 Å². The molecule has 0 unspecified atom stereocenters. The van der Waals surface area contributed by atoms with Gasteiger partial charge in [0.15, 0.2) is 0 Å². The highest BCUT2D eigenvalue weighted by Gasteiger charge is 2.09. The van der Waals surface area contributed by atoms with E-state index in [4.69, 9.17) is 0 Å². The first-order chi connectivity index (χ1) is 11.7. The first-order valence-electron chi connectivity index (χ1n) is 7.56. The summed E-state index contributed by atoms with van der Waals surface area (Å²) < 4.78 is 13.1. The molecule has 1 aromatic heterocycles. The van der Waals surface area contributed by atoms with E-state index in [2.05, 4.69) is 9.97 Å². The maximum atomic E-state index is 13.1. The van der Waals surface area contributed by atoms with Crippen LogP contribution >= 0.6 is 0 Å². The molecule has 4 aromatic rings. The van der Waals surface area contributed by atoms with E-state index in [1.165, 1.54) is 12.1 Å². The van der Waals surface area contributed by atoms with Crippen molar-refractivity contribution in [3.8, 4) is 22.4 Å². The fourth-order valence-corrected chi connectivity index (χ4v) is 2.79. The number of nitrogens with zero attached hydrogens (tertiary/aromatic N) is 1. The lowest BCUT2D eigenvalue weighted by molar-refractivity contribution is 0.628. The first-order valence-corrected chi connectivity index (χ1v) is 7.56. The number of fused-ring (bicyclic) bond motifs is 1. The minimum Gasteiger partial charge on any atom is -0.305 e. The molecule has 0 fully saturated rings. The lowest BCUT2D eigenvalue weighted by atomic mass is 10.0. The van der Waals surface area contributed by atoms with E-state index >= 15 is 0 Å². The van der Waals surface area contributed by atoms with Crippen molar-refractivity contribution < 1.29 is 4.39 Å². The van der Waals surface area contributed by atoms with Crippen LogP contribution in [0.2, 0.25) is 0 Å². The Morgan fingerprint density at radius 3 is 2.25 bits per heavy atom. The molecule has 3 nitrogen and oxygen atoms in total. The number of halogens is 1. The molecule has 1 N–H and O–H groups in total. The Hall–Kier alpha value is -3.27. The Morgan fingerprint density at radius 1 is 0.792 bits per heavy atom. The predicted octanol–water partition coefficient (Wildman–Crippen LogP) is 4.40. The third-order valence-corrected chi connectivity index (χ3v) is 3.95. The van der Waals surface area contributed by atoms with Gasteiger partial charge in [0.2, 0.25) is 0 Å². The van der Waals surface area contributed by atoms with Gasteiger partial charge in [0.1, 0.15) is 5.82 Å². The van der Waals surface area contributed by atoms with Crippen molar-refractivity contribution in [2.45, 2.75) is 0 Å². The molecule has 0 saturated carbocycles. The van der Waals surface area contributed by atoms with Crippen molar-refractivity contribution in [2.24, 2.45) is 0 Å². The number of benzene rings is 3. The number of hydrogen-bond donors (Lipinski definition) is 1. The first kappa shape index (κ1) is 14.3. The summed E-state index contributed by atoms with van der Waals surface area (Å²) in [6, 6.07) is 21.6. The zero-order valence-electron chi connectivity index (χ0n) is 12.7. The zero-order valence-corrected chi connectivity index (χ0v) is 12.7. The second kappa shape index (κ2) is 5.74. The van der Waals surface area contributed by atoms with Gasteiger partial charge in [-0.25, -0.2) is 9.18 Å². The van der Waals surface area contributed by atoms with Gasteiger partial charge in [-0.1, -0.05) is 48.5 Å². The van der Waals surface area contributed by atoms with Crippen LogP contribution in [0, 0.1) is 5.82 Å². The standard InChI is InChI=1S/C20H13FN2O/c21-16-9-6-13(7-10-16)15-8-11-18-17(12-15)19(23-20(24)22-18)14-4-2-1-3-5-14/h1-12H,(H,22,23,24). The number of H-pyrrole nitrogens is 1. The minimum atomic E-state index is -0.379. The van der Waals surface area contributed by atoms with Gasteiger partial charge in [0.05, 0.1) is 11.2 Å². The van der Waals surface area contributed by atoms with Gasteiger partial charge < -0.3 is 4.98 Å². The number of aromatic nitrogens is 2. The summed E-state index contributed by atoms with van der Waals surface area (Å²) in [5.74, 6) is -0.268. The quantitative estimate of drug-likeness (QED) is 0.596. The van der Waals surface area contributed by atoms with E-state index in [0.717, 1.165) is 27.6 Å². The fraction of sp³-hybridized carbons (Fsp3) is 0. The molecule has 24 heavy (non-hydrogen) atoms. The molecule has 0 amide bonds. The van der Waals surface area contributed by atoms with E-state index in [0.29, 0.717) is 5.69 Å². The average molecular weight is 316 g/mol. The summed E-state index contributed by atoms with van der Waals surface area (Å²) in [5.41, 5.74) is 3.70. The second-order valence-electron chi connectivity index (χ2n) is 5.52. The Labute approximate surface area is 137 Å². The van der Waals surface area contributed by atoms with E-state index < -0.39 is 0 Å². The van der Waals surface area contributed by atoms with Gasteiger partial charge in [-0.05, 0) is 35.4 Å². The molecular formula is C20H13FN2O. The summed E-state index contributed by atoms with van der Waals surface area (Å²) in [6.07, 6.45) is 0. The van der Waals surface area contributed by atoms with Crippen LogP contribution in [0.1, 0.15) is 0 Å². The topological polar surface area (TPSA) is 45.8 Å². The highest BCUT2D eigenvalue weighted by Crippen LogP contribution is 2.29. The van der Waals surface area contributed by atoms with Crippen LogP contribution in [0.4, 0.5) is 4.39 Å². The minimum absolute atomic E-state index is 0.268. The monoisotopic (exact) mass is 316 g/mol. The van der Waals surface area contributed by atoms with Crippen LogP contribution in [0.15, 0.2) is 77.6 Å². The smallest absolute Gasteiger partial charge is 0.305 e. The van der Waals surface area contributed by atoms with Crippen LogP contribution in [0.25, 0.3) is 33.3 Å². The number of rotatable bonds is 2. The largest absolute Gasteiger partial charge is 0.345 e. The molecule has 0 aliphatic rings. The zero-order chi connectivity index (χ0) is 16.5. The lowest BCUT2D eigenvalue weighted by Crippen LogP contribution is -2.11.